The number of nitrogens with one attached hydrogen (secondary N) is 1. The molecule has 0 saturated heterocycles. The van der Waals surface area contributed by atoms with Crippen LogP contribution in [-0.4, -0.2) is 46.1 Å². The number of carbonyl (C=O) groups excluding carboxylic acids is 1. The second-order valence-electron chi connectivity index (χ2n) is 12.4. The summed E-state index contributed by atoms with van der Waals surface area (Å²) in [6, 6.07) is -0.702. The highest BCUT2D eigenvalue weighted by atomic mass is 16.3. The molecule has 40 heavy (non-hydrogen) atoms. The average Bonchev–Trinajstić information content (AvgIpc) is 2.96. The van der Waals surface area contributed by atoms with Gasteiger partial charge in [-0.2, -0.15) is 0 Å². The number of hydrogen-bond acceptors (Lipinski definition) is 4. The minimum Gasteiger partial charge on any atom is -0.394 e. The zero-order valence-electron chi connectivity index (χ0n) is 27.0. The summed E-state index contributed by atoms with van der Waals surface area (Å²) in [7, 11) is 0. The molecule has 4 N–H and O–H groups in total. The maximum atomic E-state index is 12.3. The van der Waals surface area contributed by atoms with E-state index in [9.17, 15) is 20.1 Å². The van der Waals surface area contributed by atoms with Gasteiger partial charge in [0.25, 0.3) is 0 Å². The molecule has 240 valence electrons. The van der Waals surface area contributed by atoms with Crippen LogP contribution in [0.1, 0.15) is 194 Å². The van der Waals surface area contributed by atoms with Crippen molar-refractivity contribution in [1.82, 2.24) is 5.32 Å². The molecule has 0 saturated carbocycles. The summed E-state index contributed by atoms with van der Waals surface area (Å²) >= 11 is 0. The normalized spacial score (nSPS) is 13.8. The molecule has 0 aromatic rings. The van der Waals surface area contributed by atoms with Gasteiger partial charge in [0.05, 0.1) is 18.8 Å². The van der Waals surface area contributed by atoms with Crippen LogP contribution in [0.4, 0.5) is 0 Å². The van der Waals surface area contributed by atoms with Crippen LogP contribution in [0.3, 0.4) is 0 Å². The molecule has 0 aromatic heterocycles. The Kier molecular flexibility index (Phi) is 30.8. The van der Waals surface area contributed by atoms with Gasteiger partial charge in [-0.3, -0.25) is 4.79 Å². The molecule has 0 aliphatic rings. The largest absolute Gasteiger partial charge is 0.394 e. The lowest BCUT2D eigenvalue weighted by atomic mass is 10.0. The quantitative estimate of drug-likeness (QED) is 0.0608. The maximum Gasteiger partial charge on any atom is 0.249 e. The molecule has 0 heterocycles. The van der Waals surface area contributed by atoms with E-state index in [0.717, 1.165) is 32.1 Å². The highest BCUT2D eigenvalue weighted by molar-refractivity contribution is 5.80. The Bertz CT molecular complexity index is 516. The standard InChI is InChI=1S/C35H71NO4/c1-3-5-7-9-11-13-14-15-16-17-18-19-20-21-22-24-25-27-29-33(38)32(31-37)36-35(40)34(39)30-28-26-23-12-10-8-6-4-2/h32-34,37-39H,3-31H2,1-2H3,(H,36,40). The Morgan fingerprint density at radius 1 is 0.500 bits per heavy atom. The van der Waals surface area contributed by atoms with E-state index in [-0.39, 0.29) is 6.61 Å². The van der Waals surface area contributed by atoms with Gasteiger partial charge in [-0.05, 0) is 12.8 Å². The molecule has 1 amide bonds. The van der Waals surface area contributed by atoms with E-state index >= 15 is 0 Å². The molecule has 0 aliphatic heterocycles. The minimum atomic E-state index is -1.06. The molecular weight excluding hydrogens is 498 g/mol. The van der Waals surface area contributed by atoms with Crippen molar-refractivity contribution in [3.05, 3.63) is 0 Å². The number of rotatable bonds is 32. The van der Waals surface area contributed by atoms with E-state index < -0.39 is 24.2 Å². The Balaban J connectivity index is 3.61. The number of amides is 1. The third kappa shape index (κ3) is 26.3. The second kappa shape index (κ2) is 31.3. The molecular formula is C35H71NO4. The van der Waals surface area contributed by atoms with Crippen LogP contribution in [0.25, 0.3) is 0 Å². The molecule has 0 fully saturated rings. The lowest BCUT2D eigenvalue weighted by Gasteiger charge is -2.23. The highest BCUT2D eigenvalue weighted by Gasteiger charge is 2.23. The molecule has 5 nitrogen and oxygen atoms in total. The topological polar surface area (TPSA) is 89.8 Å². The number of hydrogen-bond donors (Lipinski definition) is 4. The Morgan fingerprint density at radius 3 is 1.12 bits per heavy atom. The monoisotopic (exact) mass is 570 g/mol. The van der Waals surface area contributed by atoms with Gasteiger partial charge in [-0.15, -0.1) is 0 Å². The second-order valence-corrected chi connectivity index (χ2v) is 12.4. The van der Waals surface area contributed by atoms with Crippen LogP contribution in [0, 0.1) is 0 Å². The van der Waals surface area contributed by atoms with Crippen LogP contribution in [0.15, 0.2) is 0 Å². The van der Waals surface area contributed by atoms with Gasteiger partial charge in [-0.25, -0.2) is 0 Å². The van der Waals surface area contributed by atoms with Crippen molar-refractivity contribution in [2.45, 2.75) is 212 Å². The third-order valence-corrected chi connectivity index (χ3v) is 8.48. The number of aliphatic hydroxyl groups is 3. The Hall–Kier alpha value is -0.650. The maximum absolute atomic E-state index is 12.3. The van der Waals surface area contributed by atoms with Crippen molar-refractivity contribution >= 4 is 5.91 Å². The molecule has 5 heteroatoms. The first-order chi connectivity index (χ1) is 19.6. The van der Waals surface area contributed by atoms with Crippen LogP contribution < -0.4 is 5.32 Å². The first-order valence-corrected chi connectivity index (χ1v) is 17.8. The van der Waals surface area contributed by atoms with Gasteiger partial charge in [0.1, 0.15) is 6.10 Å². The first kappa shape index (κ1) is 39.4. The fraction of sp³-hybridized carbons (Fsp3) is 0.971. The minimum absolute atomic E-state index is 0.309. The predicted molar refractivity (Wildman–Crippen MR) is 172 cm³/mol. The predicted octanol–water partition coefficient (Wildman–Crippen LogP) is 9.15. The zero-order chi connectivity index (χ0) is 29.5. The smallest absolute Gasteiger partial charge is 0.249 e. The summed E-state index contributed by atoms with van der Waals surface area (Å²) in [6.45, 7) is 4.19. The molecule has 0 radical (unpaired) electrons. The summed E-state index contributed by atoms with van der Waals surface area (Å²) in [6.07, 6.45) is 32.4. The van der Waals surface area contributed by atoms with Gasteiger partial charge in [0, 0.05) is 0 Å². The summed E-state index contributed by atoms with van der Waals surface area (Å²) in [5.41, 5.74) is 0. The van der Waals surface area contributed by atoms with Crippen LogP contribution in [0.2, 0.25) is 0 Å². The Morgan fingerprint density at radius 2 is 0.800 bits per heavy atom. The van der Waals surface area contributed by atoms with Crippen molar-refractivity contribution in [2.24, 2.45) is 0 Å². The summed E-state index contributed by atoms with van der Waals surface area (Å²) < 4.78 is 0. The summed E-state index contributed by atoms with van der Waals surface area (Å²) in [5, 5.41) is 33.0. The zero-order valence-corrected chi connectivity index (χ0v) is 27.0. The molecule has 0 aromatic carbocycles. The van der Waals surface area contributed by atoms with Gasteiger partial charge < -0.3 is 20.6 Å². The fourth-order valence-electron chi connectivity index (χ4n) is 5.60. The van der Waals surface area contributed by atoms with Crippen molar-refractivity contribution in [1.29, 1.82) is 0 Å². The number of aliphatic hydroxyl groups excluding tert-OH is 3. The molecule has 0 rings (SSSR count). The number of carbonyl (C=O) groups is 1. The van der Waals surface area contributed by atoms with Gasteiger partial charge in [0.15, 0.2) is 0 Å². The molecule has 0 aliphatic carbocycles. The van der Waals surface area contributed by atoms with Gasteiger partial charge in [0.2, 0.25) is 5.91 Å². The summed E-state index contributed by atoms with van der Waals surface area (Å²) in [5.74, 6) is -0.473. The lowest BCUT2D eigenvalue weighted by molar-refractivity contribution is -0.131. The van der Waals surface area contributed by atoms with Crippen LogP contribution in [0.5, 0.6) is 0 Å². The Labute approximate surface area is 249 Å². The van der Waals surface area contributed by atoms with E-state index in [1.54, 1.807) is 0 Å². The third-order valence-electron chi connectivity index (χ3n) is 8.48. The molecule has 3 unspecified atom stereocenters. The van der Waals surface area contributed by atoms with Crippen LogP contribution >= 0.6 is 0 Å². The van der Waals surface area contributed by atoms with Gasteiger partial charge >= 0.3 is 0 Å². The molecule has 0 bridgehead atoms. The molecule has 3 atom stereocenters. The van der Waals surface area contributed by atoms with E-state index in [1.165, 1.54) is 135 Å². The molecule has 0 spiro atoms. The van der Waals surface area contributed by atoms with E-state index in [2.05, 4.69) is 19.2 Å². The van der Waals surface area contributed by atoms with Crippen molar-refractivity contribution < 1.29 is 20.1 Å². The summed E-state index contributed by atoms with van der Waals surface area (Å²) in [4.78, 5) is 12.3. The first-order valence-electron chi connectivity index (χ1n) is 17.8. The van der Waals surface area contributed by atoms with Crippen molar-refractivity contribution in [3.63, 3.8) is 0 Å². The highest BCUT2D eigenvalue weighted by Crippen LogP contribution is 2.16. The van der Waals surface area contributed by atoms with E-state index in [1.807, 2.05) is 0 Å². The fourth-order valence-corrected chi connectivity index (χ4v) is 5.60. The number of unbranched alkanes of at least 4 members (excludes halogenated alkanes) is 24. The lowest BCUT2D eigenvalue weighted by Crippen LogP contribution is -2.49. The van der Waals surface area contributed by atoms with Crippen molar-refractivity contribution in [3.8, 4) is 0 Å². The van der Waals surface area contributed by atoms with E-state index in [0.29, 0.717) is 12.8 Å². The van der Waals surface area contributed by atoms with E-state index in [4.69, 9.17) is 0 Å². The van der Waals surface area contributed by atoms with Crippen molar-refractivity contribution in [2.75, 3.05) is 6.61 Å². The van der Waals surface area contributed by atoms with Crippen LogP contribution in [-0.2, 0) is 4.79 Å². The average molecular weight is 570 g/mol. The van der Waals surface area contributed by atoms with Gasteiger partial charge in [-0.1, -0.05) is 181 Å². The SMILES string of the molecule is CCCCCCCCCCCCCCCCCCCCC(O)C(CO)NC(=O)C(O)CCCCCCCCCC.